The molecule has 1 heterocycles. The van der Waals surface area contributed by atoms with E-state index in [1.807, 2.05) is 6.92 Å². The van der Waals surface area contributed by atoms with Crippen LogP contribution in [-0.4, -0.2) is 44.3 Å². The first-order valence-electron chi connectivity index (χ1n) is 8.74. The molecular weight excluding hydrogens is 352 g/mol. The van der Waals surface area contributed by atoms with E-state index < -0.39 is 24.0 Å². The Morgan fingerprint density at radius 3 is 2.63 bits per heavy atom. The van der Waals surface area contributed by atoms with Gasteiger partial charge in [0.25, 0.3) is 0 Å². The molecule has 2 N–H and O–H groups in total. The number of esters is 2. The number of carbonyl (C=O) groups is 3. The molecule has 146 valence electrons. The molecule has 27 heavy (non-hydrogen) atoms. The Morgan fingerprint density at radius 2 is 1.96 bits per heavy atom. The first-order valence-corrected chi connectivity index (χ1v) is 8.74. The molecule has 0 aliphatic carbocycles. The van der Waals surface area contributed by atoms with Crippen LogP contribution in [0.25, 0.3) is 0 Å². The van der Waals surface area contributed by atoms with E-state index in [1.165, 1.54) is 0 Å². The van der Waals surface area contributed by atoms with Crippen LogP contribution < -0.4 is 15.4 Å². The second-order valence-corrected chi connectivity index (χ2v) is 5.86. The van der Waals surface area contributed by atoms with Gasteiger partial charge in [0.1, 0.15) is 12.4 Å². The van der Waals surface area contributed by atoms with Gasteiger partial charge in [-0.3, -0.25) is 4.79 Å². The Kier molecular flexibility index (Phi) is 7.22. The summed E-state index contributed by atoms with van der Waals surface area (Å²) in [5, 5.41) is 5.20. The maximum absolute atomic E-state index is 12.3. The first kappa shape index (κ1) is 20.3. The number of carbonyl (C=O) groups excluding carboxylic acids is 3. The van der Waals surface area contributed by atoms with Crippen LogP contribution in [0.2, 0.25) is 0 Å². The average molecular weight is 376 g/mol. The van der Waals surface area contributed by atoms with Crippen LogP contribution in [0.5, 0.6) is 5.75 Å². The van der Waals surface area contributed by atoms with Crippen molar-refractivity contribution in [3.8, 4) is 5.75 Å². The molecule has 1 aliphatic heterocycles. The molecule has 8 nitrogen and oxygen atoms in total. The molecular formula is C19H24N2O6. The predicted octanol–water partition coefficient (Wildman–Crippen LogP) is 1.69. The van der Waals surface area contributed by atoms with Gasteiger partial charge >= 0.3 is 18.0 Å². The number of ether oxygens (including phenoxy) is 3. The highest BCUT2D eigenvalue weighted by Gasteiger charge is 2.31. The molecule has 0 saturated heterocycles. The van der Waals surface area contributed by atoms with Crippen molar-refractivity contribution in [2.75, 3.05) is 20.3 Å². The summed E-state index contributed by atoms with van der Waals surface area (Å²) >= 11 is 0. The van der Waals surface area contributed by atoms with Gasteiger partial charge in [-0.15, -0.1) is 0 Å². The molecule has 0 bridgehead atoms. The predicted molar refractivity (Wildman–Crippen MR) is 97.1 cm³/mol. The van der Waals surface area contributed by atoms with Gasteiger partial charge in [0, 0.05) is 0 Å². The normalized spacial score (nSPS) is 16.3. The van der Waals surface area contributed by atoms with Crippen LogP contribution in [-0.2, 0) is 25.5 Å². The van der Waals surface area contributed by atoms with Gasteiger partial charge < -0.3 is 24.8 Å². The van der Waals surface area contributed by atoms with Crippen molar-refractivity contribution in [2.45, 2.75) is 32.7 Å². The van der Waals surface area contributed by atoms with Crippen LogP contribution in [0.15, 0.2) is 35.5 Å². The summed E-state index contributed by atoms with van der Waals surface area (Å²) in [5.41, 5.74) is 1.25. The zero-order valence-corrected chi connectivity index (χ0v) is 15.7. The monoisotopic (exact) mass is 376 g/mol. The average Bonchev–Trinajstić information content (AvgIpc) is 2.66. The lowest BCUT2D eigenvalue weighted by atomic mass is 10.0. The van der Waals surface area contributed by atoms with Gasteiger partial charge in [0.2, 0.25) is 0 Å². The van der Waals surface area contributed by atoms with Gasteiger partial charge in [-0.05, 0) is 31.0 Å². The van der Waals surface area contributed by atoms with Gasteiger partial charge in [-0.25, -0.2) is 9.59 Å². The molecule has 1 aromatic carbocycles. The van der Waals surface area contributed by atoms with E-state index in [1.54, 1.807) is 38.3 Å². The van der Waals surface area contributed by atoms with Gasteiger partial charge in [-0.2, -0.15) is 0 Å². The number of benzene rings is 1. The number of methoxy groups -OCH3 is 1. The largest absolute Gasteiger partial charge is 0.497 e. The minimum atomic E-state index is -0.546. The molecule has 1 aromatic rings. The second-order valence-electron chi connectivity index (χ2n) is 5.86. The second kappa shape index (κ2) is 9.61. The molecule has 1 aliphatic rings. The highest BCUT2D eigenvalue weighted by Crippen LogP contribution is 2.18. The number of rotatable bonds is 8. The van der Waals surface area contributed by atoms with Gasteiger partial charge in [0.15, 0.2) is 0 Å². The molecule has 0 saturated carbocycles. The summed E-state index contributed by atoms with van der Waals surface area (Å²) in [7, 11) is 1.55. The minimum Gasteiger partial charge on any atom is -0.497 e. The highest BCUT2D eigenvalue weighted by atomic mass is 16.5. The Hall–Kier alpha value is -3.03. The van der Waals surface area contributed by atoms with E-state index in [0.29, 0.717) is 12.2 Å². The van der Waals surface area contributed by atoms with Gasteiger partial charge in [-0.1, -0.05) is 19.1 Å². The van der Waals surface area contributed by atoms with Gasteiger partial charge in [0.05, 0.1) is 37.4 Å². The fraction of sp³-hybridized carbons (Fsp3) is 0.421. The van der Waals surface area contributed by atoms with Crippen molar-refractivity contribution in [3.63, 3.8) is 0 Å². The topological polar surface area (TPSA) is 103 Å². The fourth-order valence-corrected chi connectivity index (χ4v) is 2.73. The molecule has 0 unspecified atom stereocenters. The van der Waals surface area contributed by atoms with Crippen molar-refractivity contribution in [2.24, 2.45) is 0 Å². The number of hydrogen-bond donors (Lipinski definition) is 2. The van der Waals surface area contributed by atoms with Crippen LogP contribution in [0.1, 0.15) is 25.8 Å². The molecule has 2 amide bonds. The van der Waals surface area contributed by atoms with E-state index >= 15 is 0 Å². The lowest BCUT2D eigenvalue weighted by Crippen LogP contribution is -2.51. The van der Waals surface area contributed by atoms with E-state index in [4.69, 9.17) is 14.2 Å². The summed E-state index contributed by atoms with van der Waals surface area (Å²) in [6.45, 7) is 3.51. The minimum absolute atomic E-state index is 0.0443. The molecule has 0 radical (unpaired) electrons. The van der Waals surface area contributed by atoms with Crippen LogP contribution >= 0.6 is 0 Å². The third-order valence-electron chi connectivity index (χ3n) is 4.01. The molecule has 0 aromatic heterocycles. The maximum atomic E-state index is 12.3. The Bertz CT molecular complexity index is 743. The summed E-state index contributed by atoms with van der Waals surface area (Å²) in [6, 6.07) is 6.14. The third kappa shape index (κ3) is 5.47. The summed E-state index contributed by atoms with van der Waals surface area (Å²) in [6.07, 6.45) is 0.547. The lowest BCUT2D eigenvalue weighted by Gasteiger charge is -2.28. The van der Waals surface area contributed by atoms with Crippen LogP contribution in [0.3, 0.4) is 0 Å². The van der Waals surface area contributed by atoms with E-state index in [2.05, 4.69) is 10.6 Å². The summed E-state index contributed by atoms with van der Waals surface area (Å²) in [5.74, 6) is -0.389. The molecule has 1 atom stereocenters. The highest BCUT2D eigenvalue weighted by molar-refractivity contribution is 5.94. The van der Waals surface area contributed by atoms with Crippen LogP contribution in [0.4, 0.5) is 4.79 Å². The van der Waals surface area contributed by atoms with Crippen molar-refractivity contribution in [3.05, 3.63) is 41.1 Å². The summed E-state index contributed by atoms with van der Waals surface area (Å²) < 4.78 is 15.5. The maximum Gasteiger partial charge on any atom is 0.338 e. The van der Waals surface area contributed by atoms with E-state index in [0.717, 1.165) is 5.56 Å². The summed E-state index contributed by atoms with van der Waals surface area (Å²) in [4.78, 5) is 36.2. The SMILES string of the molecule is CCOC(=O)C1=C(COC(=O)Cc2cccc(OC)c2)NC(=O)N[C@@H]1CC. The zero-order valence-electron chi connectivity index (χ0n) is 15.7. The molecule has 8 heteroatoms. The van der Waals surface area contributed by atoms with E-state index in [9.17, 15) is 14.4 Å². The number of hydrogen-bond acceptors (Lipinski definition) is 6. The Labute approximate surface area is 157 Å². The fourth-order valence-electron chi connectivity index (χ4n) is 2.73. The van der Waals surface area contributed by atoms with Crippen molar-refractivity contribution in [1.82, 2.24) is 10.6 Å². The Balaban J connectivity index is 2.10. The molecule has 0 spiro atoms. The number of urea groups is 1. The molecule has 2 rings (SSSR count). The standard InChI is InChI=1S/C19H24N2O6/c1-4-14-17(18(23)26-5-2)15(21-19(24)20-14)11-27-16(22)10-12-7-6-8-13(9-12)25-3/h6-9,14H,4-5,10-11H2,1-3H3,(H2,20,21,24)/t14-/m1/s1. The van der Waals surface area contributed by atoms with Crippen molar-refractivity contribution < 1.29 is 28.6 Å². The number of nitrogens with one attached hydrogen (secondary N) is 2. The van der Waals surface area contributed by atoms with Crippen molar-refractivity contribution in [1.29, 1.82) is 0 Å². The molecule has 0 fully saturated rings. The van der Waals surface area contributed by atoms with Crippen LogP contribution in [0, 0.1) is 0 Å². The van der Waals surface area contributed by atoms with E-state index in [-0.39, 0.29) is 30.9 Å². The zero-order chi connectivity index (χ0) is 19.8. The Morgan fingerprint density at radius 1 is 1.19 bits per heavy atom. The quantitative estimate of drug-likeness (QED) is 0.670. The van der Waals surface area contributed by atoms with Crippen molar-refractivity contribution >= 4 is 18.0 Å². The third-order valence-corrected chi connectivity index (χ3v) is 4.01. The first-order chi connectivity index (χ1) is 13.0. The smallest absolute Gasteiger partial charge is 0.338 e. The lowest BCUT2D eigenvalue weighted by molar-refractivity contribution is -0.143. The number of amides is 2.